The molecule has 0 aromatic heterocycles. The van der Waals surface area contributed by atoms with Crippen molar-refractivity contribution in [1.29, 1.82) is 0 Å². The molecule has 0 fully saturated rings. The van der Waals surface area contributed by atoms with Gasteiger partial charge in [-0.15, -0.1) is 0 Å². The van der Waals surface area contributed by atoms with E-state index in [0.29, 0.717) is 5.56 Å². The van der Waals surface area contributed by atoms with Gasteiger partial charge in [-0.05, 0) is 44.2 Å². The van der Waals surface area contributed by atoms with E-state index in [1.807, 2.05) is 0 Å². The summed E-state index contributed by atoms with van der Waals surface area (Å²) < 4.78 is 43.1. The molecule has 0 saturated heterocycles. The fourth-order valence-electron chi connectivity index (χ4n) is 2.07. The van der Waals surface area contributed by atoms with Crippen molar-refractivity contribution in [3.63, 3.8) is 0 Å². The molecule has 2 aromatic carbocycles. The maximum absolute atomic E-state index is 12.7. The van der Waals surface area contributed by atoms with Crippen molar-refractivity contribution in [2.45, 2.75) is 26.1 Å². The van der Waals surface area contributed by atoms with Crippen LogP contribution in [0, 0.1) is 6.92 Å². The molecule has 0 unspecified atom stereocenters. The van der Waals surface area contributed by atoms with Crippen molar-refractivity contribution in [2.75, 3.05) is 5.32 Å². The fraction of sp³-hybridized carbons (Fsp3) is 0.222. The van der Waals surface area contributed by atoms with Gasteiger partial charge in [0.25, 0.3) is 5.91 Å². The molecule has 2 aromatic rings. The second-order valence-corrected chi connectivity index (χ2v) is 5.48. The van der Waals surface area contributed by atoms with Gasteiger partial charge in [0.05, 0.1) is 11.1 Å². The Kier molecular flexibility index (Phi) is 5.46. The lowest BCUT2D eigenvalue weighted by Gasteiger charge is -2.14. The lowest BCUT2D eigenvalue weighted by atomic mass is 10.1. The zero-order valence-electron chi connectivity index (χ0n) is 13.6. The van der Waals surface area contributed by atoms with Crippen LogP contribution >= 0.6 is 0 Å². The molecule has 2 rings (SSSR count). The second kappa shape index (κ2) is 7.38. The van der Waals surface area contributed by atoms with Gasteiger partial charge in [0.15, 0.2) is 6.10 Å². The lowest BCUT2D eigenvalue weighted by molar-refractivity contribution is -0.137. The topological polar surface area (TPSA) is 55.4 Å². The van der Waals surface area contributed by atoms with Crippen molar-refractivity contribution in [3.8, 4) is 0 Å². The maximum Gasteiger partial charge on any atom is 0.416 e. The van der Waals surface area contributed by atoms with Crippen LogP contribution in [0.3, 0.4) is 0 Å². The van der Waals surface area contributed by atoms with Crippen LogP contribution in [0.15, 0.2) is 48.5 Å². The van der Waals surface area contributed by atoms with Crippen molar-refractivity contribution < 1.29 is 27.5 Å². The Morgan fingerprint density at radius 2 is 1.76 bits per heavy atom. The van der Waals surface area contributed by atoms with Gasteiger partial charge in [0.1, 0.15) is 0 Å². The van der Waals surface area contributed by atoms with Gasteiger partial charge in [0.2, 0.25) is 0 Å². The summed E-state index contributed by atoms with van der Waals surface area (Å²) >= 11 is 0. The van der Waals surface area contributed by atoms with Crippen LogP contribution in [0.4, 0.5) is 18.9 Å². The first-order chi connectivity index (χ1) is 11.7. The third-order valence-electron chi connectivity index (χ3n) is 3.36. The normalized spacial score (nSPS) is 12.4. The number of esters is 1. The molecule has 132 valence electrons. The monoisotopic (exact) mass is 351 g/mol. The number of carbonyl (C=O) groups is 2. The Bertz CT molecular complexity index is 787. The fourth-order valence-corrected chi connectivity index (χ4v) is 2.07. The zero-order valence-corrected chi connectivity index (χ0v) is 13.6. The molecule has 1 amide bonds. The quantitative estimate of drug-likeness (QED) is 0.840. The highest BCUT2D eigenvalue weighted by molar-refractivity contribution is 5.97. The Morgan fingerprint density at radius 3 is 2.40 bits per heavy atom. The average Bonchev–Trinajstić information content (AvgIpc) is 2.54. The number of halogens is 3. The molecule has 25 heavy (non-hydrogen) atoms. The predicted octanol–water partition coefficient (Wildman–Crippen LogP) is 4.20. The highest BCUT2D eigenvalue weighted by Crippen LogP contribution is 2.30. The number of aryl methyl sites for hydroxylation is 1. The molecule has 4 nitrogen and oxygen atoms in total. The number of alkyl halides is 3. The van der Waals surface area contributed by atoms with Gasteiger partial charge in [-0.3, -0.25) is 4.79 Å². The van der Waals surface area contributed by atoms with Crippen molar-refractivity contribution in [2.24, 2.45) is 0 Å². The minimum atomic E-state index is -4.51. The molecule has 0 bridgehead atoms. The first kappa shape index (κ1) is 18.5. The first-order valence-electron chi connectivity index (χ1n) is 7.42. The number of anilines is 1. The molecule has 0 aliphatic carbocycles. The standard InChI is InChI=1S/C18H16F3NO3/c1-11-5-3-6-13(9-11)17(24)25-12(2)16(23)22-15-8-4-7-14(10-15)18(19,20)21/h3-10,12H,1-2H3,(H,22,23)/t12-/m1/s1. The molecular formula is C18H16F3NO3. The molecule has 0 radical (unpaired) electrons. The van der Waals surface area contributed by atoms with Gasteiger partial charge in [-0.1, -0.05) is 23.8 Å². The van der Waals surface area contributed by atoms with Gasteiger partial charge in [-0.2, -0.15) is 13.2 Å². The van der Waals surface area contributed by atoms with Gasteiger partial charge in [-0.25, -0.2) is 4.79 Å². The van der Waals surface area contributed by atoms with Crippen LogP contribution < -0.4 is 5.32 Å². The summed E-state index contributed by atoms with van der Waals surface area (Å²) in [5.41, 5.74) is 0.238. The molecule has 0 aliphatic rings. The number of carbonyl (C=O) groups excluding carboxylic acids is 2. The van der Waals surface area contributed by atoms with E-state index in [-0.39, 0.29) is 5.69 Å². The van der Waals surface area contributed by atoms with E-state index in [9.17, 15) is 22.8 Å². The van der Waals surface area contributed by atoms with Gasteiger partial charge < -0.3 is 10.1 Å². The highest BCUT2D eigenvalue weighted by Gasteiger charge is 2.30. The third-order valence-corrected chi connectivity index (χ3v) is 3.36. The summed E-state index contributed by atoms with van der Waals surface area (Å²) in [4.78, 5) is 24.0. The van der Waals surface area contributed by atoms with Crippen molar-refractivity contribution in [3.05, 3.63) is 65.2 Å². The largest absolute Gasteiger partial charge is 0.449 e. The summed E-state index contributed by atoms with van der Waals surface area (Å²) in [7, 11) is 0. The van der Waals surface area contributed by atoms with Crippen LogP contribution in [0.5, 0.6) is 0 Å². The average molecular weight is 351 g/mol. The molecule has 7 heteroatoms. The smallest absolute Gasteiger partial charge is 0.416 e. The van der Waals surface area contributed by atoms with Crippen LogP contribution in [-0.4, -0.2) is 18.0 Å². The van der Waals surface area contributed by atoms with Crippen LogP contribution in [-0.2, 0) is 15.7 Å². The first-order valence-corrected chi connectivity index (χ1v) is 7.42. The van der Waals surface area contributed by atoms with Crippen LogP contribution in [0.1, 0.15) is 28.4 Å². The number of hydrogen-bond donors (Lipinski definition) is 1. The molecule has 0 spiro atoms. The summed E-state index contributed by atoms with van der Waals surface area (Å²) in [5.74, 6) is -1.41. The van der Waals surface area contributed by atoms with E-state index in [2.05, 4.69) is 5.32 Å². The van der Waals surface area contributed by atoms with Gasteiger partial charge in [0, 0.05) is 5.69 Å². The summed E-state index contributed by atoms with van der Waals surface area (Å²) in [6.07, 6.45) is -5.67. The number of rotatable bonds is 4. The lowest BCUT2D eigenvalue weighted by Crippen LogP contribution is -2.30. The molecule has 0 heterocycles. The minimum absolute atomic E-state index is 0.0294. The number of amides is 1. The molecule has 0 saturated carbocycles. The number of benzene rings is 2. The molecule has 1 N–H and O–H groups in total. The Hall–Kier alpha value is -2.83. The van der Waals surface area contributed by atoms with E-state index in [4.69, 9.17) is 4.74 Å². The highest BCUT2D eigenvalue weighted by atomic mass is 19.4. The molecule has 1 atom stereocenters. The molecular weight excluding hydrogens is 335 g/mol. The number of hydrogen-bond acceptors (Lipinski definition) is 3. The zero-order chi connectivity index (χ0) is 18.6. The maximum atomic E-state index is 12.7. The number of nitrogens with one attached hydrogen (secondary N) is 1. The van der Waals surface area contributed by atoms with Gasteiger partial charge >= 0.3 is 12.1 Å². The van der Waals surface area contributed by atoms with E-state index < -0.39 is 29.7 Å². The Morgan fingerprint density at radius 1 is 1.08 bits per heavy atom. The molecule has 0 aliphatic heterocycles. The SMILES string of the molecule is Cc1cccc(C(=O)O[C@H](C)C(=O)Nc2cccc(C(F)(F)F)c2)c1. The summed E-state index contributed by atoms with van der Waals surface area (Å²) in [6.45, 7) is 3.15. The van der Waals surface area contributed by atoms with E-state index >= 15 is 0 Å². The Labute approximate surface area is 142 Å². The van der Waals surface area contributed by atoms with E-state index in [1.54, 1.807) is 31.2 Å². The van der Waals surface area contributed by atoms with E-state index in [0.717, 1.165) is 17.7 Å². The number of ether oxygens (including phenoxy) is 1. The van der Waals surface area contributed by atoms with E-state index in [1.165, 1.54) is 19.1 Å². The second-order valence-electron chi connectivity index (χ2n) is 5.48. The predicted molar refractivity (Wildman–Crippen MR) is 86.1 cm³/mol. The minimum Gasteiger partial charge on any atom is -0.449 e. The summed E-state index contributed by atoms with van der Waals surface area (Å²) in [5, 5.41) is 2.31. The van der Waals surface area contributed by atoms with Crippen LogP contribution in [0.25, 0.3) is 0 Å². The Balaban J connectivity index is 2.02. The van der Waals surface area contributed by atoms with Crippen LogP contribution in [0.2, 0.25) is 0 Å². The van der Waals surface area contributed by atoms with Crippen molar-refractivity contribution >= 4 is 17.6 Å². The van der Waals surface area contributed by atoms with Crippen molar-refractivity contribution in [1.82, 2.24) is 0 Å². The summed E-state index contributed by atoms with van der Waals surface area (Å²) in [6, 6.07) is 10.9. The third kappa shape index (κ3) is 5.07.